The number of hydrogen-bond donors (Lipinski definition) is 2. The summed E-state index contributed by atoms with van der Waals surface area (Å²) in [5.41, 5.74) is 0.839. The molecule has 0 radical (unpaired) electrons. The normalized spacial score (nSPS) is 22.7. The molecule has 2 N–H and O–H groups in total. The lowest BCUT2D eigenvalue weighted by Crippen LogP contribution is -2.53. The molecule has 0 bridgehead atoms. The Kier molecular flexibility index (Phi) is 5.34. The second-order valence-corrected chi connectivity index (χ2v) is 10.6. The summed E-state index contributed by atoms with van der Waals surface area (Å²) >= 11 is 1.88. The van der Waals surface area contributed by atoms with Crippen molar-refractivity contribution in [3.8, 4) is 0 Å². The van der Waals surface area contributed by atoms with E-state index in [1.54, 1.807) is 0 Å². The van der Waals surface area contributed by atoms with E-state index in [0.29, 0.717) is 19.4 Å². The monoisotopic (exact) mass is 348 g/mol. The van der Waals surface area contributed by atoms with Crippen LogP contribution >= 0.6 is 11.8 Å². The molecule has 0 aromatic heterocycles. The fourth-order valence-corrected chi connectivity index (χ4v) is 5.84. The summed E-state index contributed by atoms with van der Waals surface area (Å²) in [6, 6.07) is 0. The summed E-state index contributed by atoms with van der Waals surface area (Å²) in [6.07, 6.45) is 2.43. The lowest BCUT2D eigenvalue weighted by Gasteiger charge is -2.30. The molecular weight excluding hydrogens is 320 g/mol. The Labute approximate surface area is 138 Å². The van der Waals surface area contributed by atoms with Crippen LogP contribution in [0.3, 0.4) is 0 Å². The fraction of sp³-hybridized carbons (Fsp3) is 0.867. The van der Waals surface area contributed by atoms with Gasteiger partial charge in [0.05, 0.1) is 6.10 Å². The minimum Gasteiger partial charge on any atom is -0.390 e. The maximum Gasteiger partial charge on any atom is 0.220 e. The number of nitrogens with zero attached hydrogens (tertiary/aromatic N) is 1. The van der Waals surface area contributed by atoms with Crippen LogP contribution in [0.2, 0.25) is 0 Å². The number of nitrogens with one attached hydrogen (secondary N) is 1. The highest BCUT2D eigenvalue weighted by molar-refractivity contribution is 7.99. The summed E-state index contributed by atoms with van der Waals surface area (Å²) in [5.74, 6) is 2.09. The van der Waals surface area contributed by atoms with Crippen molar-refractivity contribution in [2.75, 3.05) is 31.6 Å². The van der Waals surface area contributed by atoms with E-state index in [2.05, 4.69) is 10.8 Å². The number of sulfonamides is 1. The fourth-order valence-electron chi connectivity index (χ4n) is 2.82. The van der Waals surface area contributed by atoms with Gasteiger partial charge in [0.15, 0.2) is 0 Å². The average Bonchev–Trinajstić information content (AvgIpc) is 3.01. The molecule has 0 aromatic carbocycles. The first kappa shape index (κ1) is 18.3. The lowest BCUT2D eigenvalue weighted by atomic mass is 10.1. The van der Waals surface area contributed by atoms with Crippen molar-refractivity contribution in [1.82, 2.24) is 9.62 Å². The van der Waals surface area contributed by atoms with Gasteiger partial charge in [-0.1, -0.05) is 6.08 Å². The molecule has 7 heteroatoms. The molecule has 2 rings (SSSR count). The Hall–Kier alpha value is -0.0800. The third-order valence-electron chi connectivity index (χ3n) is 4.06. The minimum absolute atomic E-state index is 0.382. The van der Waals surface area contributed by atoms with Gasteiger partial charge in [-0.15, -0.1) is 0 Å². The van der Waals surface area contributed by atoms with Crippen molar-refractivity contribution < 1.29 is 13.5 Å². The Bertz CT molecular complexity index is 533. The highest BCUT2D eigenvalue weighted by Gasteiger charge is 2.60. The van der Waals surface area contributed by atoms with Crippen LogP contribution < -0.4 is 4.72 Å². The molecule has 0 saturated heterocycles. The average molecular weight is 349 g/mol. The second kappa shape index (κ2) is 6.43. The summed E-state index contributed by atoms with van der Waals surface area (Å²) in [4.78, 5) is 2.02. The van der Waals surface area contributed by atoms with Crippen molar-refractivity contribution in [2.24, 2.45) is 0 Å². The van der Waals surface area contributed by atoms with Gasteiger partial charge in [-0.2, -0.15) is 11.8 Å². The van der Waals surface area contributed by atoms with Gasteiger partial charge < -0.3 is 5.11 Å². The summed E-state index contributed by atoms with van der Waals surface area (Å²) in [5, 5.41) is 10.5. The van der Waals surface area contributed by atoms with Crippen LogP contribution in [0.5, 0.6) is 0 Å². The number of likely N-dealkylation sites (N-methyl/N-ethyl adjacent to an activating group) is 1. The van der Waals surface area contributed by atoms with E-state index in [-0.39, 0.29) is 0 Å². The highest BCUT2D eigenvalue weighted by atomic mass is 32.2. The molecule has 0 amide bonds. The molecule has 1 heterocycles. The zero-order valence-electron chi connectivity index (χ0n) is 13.9. The molecule has 1 atom stereocenters. The summed E-state index contributed by atoms with van der Waals surface area (Å²) < 4.78 is 26.9. The van der Waals surface area contributed by atoms with Crippen LogP contribution in [0, 0.1) is 0 Å². The minimum atomic E-state index is -3.52. The van der Waals surface area contributed by atoms with E-state index >= 15 is 0 Å². The number of thioether (sulfide) groups is 1. The van der Waals surface area contributed by atoms with E-state index in [0.717, 1.165) is 18.1 Å². The van der Waals surface area contributed by atoms with Crippen molar-refractivity contribution in [2.45, 2.75) is 50.0 Å². The number of rotatable bonds is 7. The van der Waals surface area contributed by atoms with E-state index in [4.69, 9.17) is 0 Å². The molecule has 0 aromatic rings. The van der Waals surface area contributed by atoms with E-state index < -0.39 is 26.4 Å². The molecule has 1 fully saturated rings. The van der Waals surface area contributed by atoms with Gasteiger partial charge in [0.25, 0.3) is 0 Å². The first-order chi connectivity index (χ1) is 10.1. The van der Waals surface area contributed by atoms with Crippen LogP contribution in [-0.2, 0) is 10.0 Å². The molecule has 1 unspecified atom stereocenters. The van der Waals surface area contributed by atoms with E-state index in [1.807, 2.05) is 44.5 Å². The molecule has 0 spiro atoms. The summed E-state index contributed by atoms with van der Waals surface area (Å²) in [6.45, 7) is 6.65. The quantitative estimate of drug-likeness (QED) is 0.677. The van der Waals surface area contributed by atoms with Crippen molar-refractivity contribution in [1.29, 1.82) is 0 Å². The van der Waals surface area contributed by atoms with Gasteiger partial charge in [-0.05, 0) is 46.2 Å². The van der Waals surface area contributed by atoms with Crippen LogP contribution in [0.15, 0.2) is 11.6 Å². The predicted molar refractivity (Wildman–Crippen MR) is 92.7 cm³/mol. The Morgan fingerprint density at radius 1 is 1.45 bits per heavy atom. The molecule has 2 aliphatic rings. The van der Waals surface area contributed by atoms with Crippen LogP contribution in [0.1, 0.15) is 33.6 Å². The molecule has 5 nitrogen and oxygen atoms in total. The zero-order chi connectivity index (χ0) is 16.6. The van der Waals surface area contributed by atoms with Crippen molar-refractivity contribution in [3.05, 3.63) is 11.6 Å². The maximum absolute atomic E-state index is 12.6. The summed E-state index contributed by atoms with van der Waals surface area (Å²) in [7, 11) is -1.59. The number of hydrogen-bond acceptors (Lipinski definition) is 5. The lowest BCUT2D eigenvalue weighted by molar-refractivity contribution is 0.117. The van der Waals surface area contributed by atoms with Crippen molar-refractivity contribution >= 4 is 21.8 Å². The Morgan fingerprint density at radius 3 is 2.55 bits per heavy atom. The number of aliphatic hydroxyl groups is 1. The smallest absolute Gasteiger partial charge is 0.220 e. The van der Waals surface area contributed by atoms with Crippen LogP contribution in [0.4, 0.5) is 0 Å². The molecule has 1 aliphatic heterocycles. The zero-order valence-corrected chi connectivity index (χ0v) is 15.6. The third kappa shape index (κ3) is 4.26. The van der Waals surface area contributed by atoms with E-state index in [1.165, 1.54) is 5.57 Å². The molecule has 128 valence electrons. The van der Waals surface area contributed by atoms with Gasteiger partial charge >= 0.3 is 0 Å². The van der Waals surface area contributed by atoms with Crippen LogP contribution in [-0.4, -0.2) is 66.5 Å². The predicted octanol–water partition coefficient (Wildman–Crippen LogP) is 1.20. The molecule has 1 aliphatic carbocycles. The molecular formula is C15H28N2O3S2. The van der Waals surface area contributed by atoms with Crippen LogP contribution in [0.25, 0.3) is 0 Å². The Morgan fingerprint density at radius 2 is 2.09 bits per heavy atom. The van der Waals surface area contributed by atoms with Crippen molar-refractivity contribution in [3.63, 3.8) is 0 Å². The van der Waals surface area contributed by atoms with Gasteiger partial charge in [-0.3, -0.25) is 4.90 Å². The first-order valence-corrected chi connectivity index (χ1v) is 10.4. The third-order valence-corrected chi connectivity index (χ3v) is 7.67. The van der Waals surface area contributed by atoms with E-state index in [9.17, 15) is 13.5 Å². The topological polar surface area (TPSA) is 69.6 Å². The SMILES string of the molecule is CN(CC1=CCSC1)CC(O)C1(S(=O)(=O)NC(C)(C)C)CC1. The van der Waals surface area contributed by atoms with Gasteiger partial charge in [0, 0.05) is 30.1 Å². The maximum atomic E-state index is 12.6. The van der Waals surface area contributed by atoms with Gasteiger partial charge in [0.1, 0.15) is 4.75 Å². The number of aliphatic hydroxyl groups excluding tert-OH is 1. The van der Waals surface area contributed by atoms with Gasteiger partial charge in [-0.25, -0.2) is 13.1 Å². The molecule has 1 saturated carbocycles. The first-order valence-electron chi connectivity index (χ1n) is 7.71. The largest absolute Gasteiger partial charge is 0.390 e. The standard InChI is InChI=1S/C15H28N2O3S2/c1-14(2,3)16-22(19,20)15(6-7-15)13(18)10-17(4)9-12-5-8-21-11-12/h5,13,16,18H,6-11H2,1-4H3. The molecule has 22 heavy (non-hydrogen) atoms. The van der Waals surface area contributed by atoms with Gasteiger partial charge in [0.2, 0.25) is 10.0 Å². The highest BCUT2D eigenvalue weighted by Crippen LogP contribution is 2.46. The second-order valence-electron chi connectivity index (χ2n) is 7.51. The Balaban J connectivity index is 1.97.